The molecule has 1 rings (SSSR count). The lowest BCUT2D eigenvalue weighted by Crippen LogP contribution is -2.46. The van der Waals surface area contributed by atoms with E-state index in [-0.39, 0.29) is 17.0 Å². The predicted octanol–water partition coefficient (Wildman–Crippen LogP) is 1.63. The van der Waals surface area contributed by atoms with Crippen LogP contribution in [0, 0.1) is 5.92 Å². The van der Waals surface area contributed by atoms with E-state index in [9.17, 15) is 9.59 Å². The van der Waals surface area contributed by atoms with Gasteiger partial charge in [-0.2, -0.15) is 0 Å². The van der Waals surface area contributed by atoms with Gasteiger partial charge in [-0.15, -0.1) is 0 Å². The molecule has 1 aromatic heterocycles. The fourth-order valence-electron chi connectivity index (χ4n) is 1.66. The van der Waals surface area contributed by atoms with Gasteiger partial charge in [0.1, 0.15) is 11.2 Å². The van der Waals surface area contributed by atoms with Crippen molar-refractivity contribution in [2.45, 2.75) is 26.3 Å². The quantitative estimate of drug-likeness (QED) is 0.807. The summed E-state index contributed by atoms with van der Waals surface area (Å²) in [5, 5.41) is 5.50. The lowest BCUT2D eigenvalue weighted by atomic mass is 10.0. The second-order valence-electron chi connectivity index (χ2n) is 4.64. The fraction of sp³-hybridized carbons (Fsp3) is 0.462. The van der Waals surface area contributed by atoms with E-state index in [4.69, 9.17) is 11.6 Å². The molecule has 19 heavy (non-hydrogen) atoms. The lowest BCUT2D eigenvalue weighted by molar-refractivity contribution is -0.122. The number of amides is 2. The first-order valence-corrected chi connectivity index (χ1v) is 6.45. The average molecular weight is 284 g/mol. The molecule has 2 amide bonds. The van der Waals surface area contributed by atoms with Crippen molar-refractivity contribution in [1.82, 2.24) is 15.6 Å². The van der Waals surface area contributed by atoms with Gasteiger partial charge in [0.2, 0.25) is 5.91 Å². The second-order valence-corrected chi connectivity index (χ2v) is 5.02. The summed E-state index contributed by atoms with van der Waals surface area (Å²) in [5.74, 6) is -0.246. The highest BCUT2D eigenvalue weighted by molar-refractivity contribution is 6.29. The first kappa shape index (κ1) is 15.4. The van der Waals surface area contributed by atoms with Gasteiger partial charge < -0.3 is 10.6 Å². The van der Waals surface area contributed by atoms with Crippen molar-refractivity contribution in [3.63, 3.8) is 0 Å². The minimum absolute atomic E-state index is 0.206. The van der Waals surface area contributed by atoms with Crippen LogP contribution >= 0.6 is 11.6 Å². The summed E-state index contributed by atoms with van der Waals surface area (Å²) in [5.41, 5.74) is 0.387. The topological polar surface area (TPSA) is 71.1 Å². The van der Waals surface area contributed by atoms with Crippen molar-refractivity contribution in [1.29, 1.82) is 0 Å². The molecule has 6 heteroatoms. The van der Waals surface area contributed by atoms with Crippen LogP contribution in [0.2, 0.25) is 5.15 Å². The van der Waals surface area contributed by atoms with Crippen LogP contribution in [0.3, 0.4) is 0 Å². The van der Waals surface area contributed by atoms with Crippen LogP contribution in [0.1, 0.15) is 30.6 Å². The lowest BCUT2D eigenvalue weighted by Gasteiger charge is -2.19. The summed E-state index contributed by atoms with van der Waals surface area (Å²) in [6, 6.07) is 2.47. The largest absolute Gasteiger partial charge is 0.357 e. The van der Waals surface area contributed by atoms with E-state index in [0.717, 1.165) is 0 Å². The minimum atomic E-state index is -0.551. The van der Waals surface area contributed by atoms with Gasteiger partial charge in [-0.1, -0.05) is 25.4 Å². The number of hydrogen-bond donors (Lipinski definition) is 2. The number of carbonyl (C=O) groups excluding carboxylic acids is 2. The smallest absolute Gasteiger partial charge is 0.252 e. The first-order chi connectivity index (χ1) is 8.93. The van der Waals surface area contributed by atoms with Crippen LogP contribution in [-0.2, 0) is 4.79 Å². The standard InChI is InChI=1S/C13H18ClN3O2/c1-8(2)6-10(13(19)15-3)17-12(18)9-4-5-16-11(14)7-9/h4-5,7-8,10H,6H2,1-3H3,(H,15,19)(H,17,18)/t10-/m1/s1. The number of nitrogens with one attached hydrogen (secondary N) is 2. The first-order valence-electron chi connectivity index (χ1n) is 6.08. The van der Waals surface area contributed by atoms with E-state index in [2.05, 4.69) is 15.6 Å². The molecule has 0 radical (unpaired) electrons. The number of pyridine rings is 1. The summed E-state index contributed by atoms with van der Waals surface area (Å²) in [7, 11) is 1.55. The maximum absolute atomic E-state index is 12.0. The number of aromatic nitrogens is 1. The Labute approximate surface area is 117 Å². The molecule has 0 saturated heterocycles. The van der Waals surface area contributed by atoms with E-state index in [1.165, 1.54) is 12.3 Å². The number of rotatable bonds is 5. The van der Waals surface area contributed by atoms with Crippen molar-refractivity contribution in [3.05, 3.63) is 29.0 Å². The van der Waals surface area contributed by atoms with E-state index in [1.54, 1.807) is 13.1 Å². The molecule has 1 heterocycles. The van der Waals surface area contributed by atoms with Crippen molar-refractivity contribution in [3.8, 4) is 0 Å². The third kappa shape index (κ3) is 4.87. The zero-order valence-electron chi connectivity index (χ0n) is 11.2. The Morgan fingerprint density at radius 1 is 1.42 bits per heavy atom. The molecular weight excluding hydrogens is 266 g/mol. The minimum Gasteiger partial charge on any atom is -0.357 e. The molecular formula is C13H18ClN3O2. The molecule has 0 saturated carbocycles. The summed E-state index contributed by atoms with van der Waals surface area (Å²) in [4.78, 5) is 27.6. The third-order valence-electron chi connectivity index (χ3n) is 2.56. The van der Waals surface area contributed by atoms with E-state index in [0.29, 0.717) is 17.9 Å². The predicted molar refractivity (Wildman–Crippen MR) is 74.0 cm³/mol. The molecule has 0 spiro atoms. The van der Waals surface area contributed by atoms with E-state index >= 15 is 0 Å². The number of hydrogen-bond acceptors (Lipinski definition) is 3. The Bertz CT molecular complexity index is 463. The molecule has 104 valence electrons. The van der Waals surface area contributed by atoms with Gasteiger partial charge in [-0.05, 0) is 24.5 Å². The zero-order valence-corrected chi connectivity index (χ0v) is 12.0. The molecule has 2 N–H and O–H groups in total. The van der Waals surface area contributed by atoms with Crippen LogP contribution < -0.4 is 10.6 Å². The van der Waals surface area contributed by atoms with Gasteiger partial charge in [0, 0.05) is 18.8 Å². The Balaban J connectivity index is 2.78. The maximum Gasteiger partial charge on any atom is 0.252 e. The van der Waals surface area contributed by atoms with Gasteiger partial charge in [-0.25, -0.2) is 4.98 Å². The Kier molecular flexibility index (Phi) is 5.76. The molecule has 1 atom stereocenters. The molecule has 1 aromatic rings. The normalized spacial score (nSPS) is 12.1. The Hall–Kier alpha value is -1.62. The molecule has 0 aliphatic rings. The van der Waals surface area contributed by atoms with E-state index < -0.39 is 6.04 Å². The van der Waals surface area contributed by atoms with Gasteiger partial charge in [-0.3, -0.25) is 9.59 Å². The van der Waals surface area contributed by atoms with Crippen LogP contribution in [0.15, 0.2) is 18.3 Å². The van der Waals surface area contributed by atoms with Crippen molar-refractivity contribution in [2.24, 2.45) is 5.92 Å². The van der Waals surface area contributed by atoms with Crippen LogP contribution in [-0.4, -0.2) is 29.9 Å². The number of nitrogens with zero attached hydrogens (tertiary/aromatic N) is 1. The second kappa shape index (κ2) is 7.09. The summed E-state index contributed by atoms with van der Waals surface area (Å²) in [6.07, 6.45) is 2.03. The fourth-order valence-corrected chi connectivity index (χ4v) is 1.84. The van der Waals surface area contributed by atoms with Gasteiger partial charge >= 0.3 is 0 Å². The van der Waals surface area contributed by atoms with Crippen LogP contribution in [0.5, 0.6) is 0 Å². The Morgan fingerprint density at radius 3 is 2.63 bits per heavy atom. The monoisotopic (exact) mass is 283 g/mol. The van der Waals surface area contributed by atoms with E-state index in [1.807, 2.05) is 13.8 Å². The van der Waals surface area contributed by atoms with Crippen LogP contribution in [0.4, 0.5) is 0 Å². The Morgan fingerprint density at radius 2 is 2.11 bits per heavy atom. The average Bonchev–Trinajstić information content (AvgIpc) is 2.36. The van der Waals surface area contributed by atoms with Crippen molar-refractivity contribution < 1.29 is 9.59 Å². The molecule has 0 bridgehead atoms. The van der Waals surface area contributed by atoms with Crippen molar-refractivity contribution >= 4 is 23.4 Å². The highest BCUT2D eigenvalue weighted by Gasteiger charge is 2.21. The number of halogens is 1. The molecule has 5 nitrogen and oxygen atoms in total. The maximum atomic E-state index is 12.0. The summed E-state index contributed by atoms with van der Waals surface area (Å²) >= 11 is 5.73. The molecule has 0 aromatic carbocycles. The van der Waals surface area contributed by atoms with Gasteiger partial charge in [0.15, 0.2) is 0 Å². The van der Waals surface area contributed by atoms with Gasteiger partial charge in [0.05, 0.1) is 0 Å². The zero-order chi connectivity index (χ0) is 14.4. The van der Waals surface area contributed by atoms with Crippen molar-refractivity contribution in [2.75, 3.05) is 7.05 Å². The SMILES string of the molecule is CNC(=O)[C@@H](CC(C)C)NC(=O)c1ccnc(Cl)c1. The number of likely N-dealkylation sites (N-methyl/N-ethyl adjacent to an activating group) is 1. The van der Waals surface area contributed by atoms with Crippen LogP contribution in [0.25, 0.3) is 0 Å². The number of carbonyl (C=O) groups is 2. The molecule has 0 aliphatic heterocycles. The third-order valence-corrected chi connectivity index (χ3v) is 2.77. The van der Waals surface area contributed by atoms with Gasteiger partial charge in [0.25, 0.3) is 5.91 Å². The molecule has 0 unspecified atom stereocenters. The molecule has 0 aliphatic carbocycles. The summed E-state index contributed by atoms with van der Waals surface area (Å²) < 4.78 is 0. The highest BCUT2D eigenvalue weighted by Crippen LogP contribution is 2.09. The highest BCUT2D eigenvalue weighted by atomic mass is 35.5. The molecule has 0 fully saturated rings. The summed E-state index contributed by atoms with van der Waals surface area (Å²) in [6.45, 7) is 3.98.